The SMILES string of the molecule is C=C(C)C1=C(C)C[C@@]2(C)C[C@@]3(C)Cc4c(C(C)C)cc(-c5ccc(C)cc5)c(O)c4C(=C)C3=C(C)[C@@]2(C)C1=C. The molecule has 0 aliphatic heterocycles. The molecule has 0 unspecified atom stereocenters. The van der Waals surface area contributed by atoms with Crippen molar-refractivity contribution in [1.82, 2.24) is 0 Å². The fourth-order valence-corrected chi connectivity index (χ4v) is 8.89. The second-order valence-electron chi connectivity index (χ2n) is 13.9. The van der Waals surface area contributed by atoms with E-state index in [0.29, 0.717) is 11.7 Å². The molecule has 0 saturated carbocycles. The molecule has 1 heteroatoms. The number of hydrogen-bond acceptors (Lipinski definition) is 1. The van der Waals surface area contributed by atoms with Crippen molar-refractivity contribution in [2.45, 2.75) is 87.5 Å². The van der Waals surface area contributed by atoms with Gasteiger partial charge in [0.15, 0.2) is 0 Å². The Kier molecular flexibility index (Phi) is 6.15. The molecule has 3 aliphatic carbocycles. The zero-order valence-corrected chi connectivity index (χ0v) is 25.7. The average Bonchev–Trinajstić information content (AvgIpc) is 2.81. The maximum Gasteiger partial charge on any atom is 0.131 e. The van der Waals surface area contributed by atoms with Crippen molar-refractivity contribution in [2.24, 2.45) is 16.2 Å². The van der Waals surface area contributed by atoms with E-state index < -0.39 is 0 Å². The van der Waals surface area contributed by atoms with Gasteiger partial charge >= 0.3 is 0 Å². The summed E-state index contributed by atoms with van der Waals surface area (Å²) in [4.78, 5) is 0. The van der Waals surface area contributed by atoms with Crippen LogP contribution in [0.2, 0.25) is 0 Å². The van der Waals surface area contributed by atoms with E-state index >= 15 is 0 Å². The van der Waals surface area contributed by atoms with Crippen LogP contribution in [0.3, 0.4) is 0 Å². The molecule has 0 radical (unpaired) electrons. The van der Waals surface area contributed by atoms with E-state index in [4.69, 9.17) is 13.2 Å². The van der Waals surface area contributed by atoms with Gasteiger partial charge in [0.05, 0.1) is 0 Å². The first kappa shape index (κ1) is 27.5. The minimum Gasteiger partial charge on any atom is -0.507 e. The van der Waals surface area contributed by atoms with E-state index in [1.165, 1.54) is 44.6 Å². The largest absolute Gasteiger partial charge is 0.507 e. The minimum atomic E-state index is -0.207. The van der Waals surface area contributed by atoms with E-state index in [0.717, 1.165) is 47.1 Å². The van der Waals surface area contributed by atoms with Gasteiger partial charge in [-0.25, -0.2) is 0 Å². The van der Waals surface area contributed by atoms with Gasteiger partial charge in [0.25, 0.3) is 0 Å². The lowest BCUT2D eigenvalue weighted by Crippen LogP contribution is -2.52. The first-order valence-corrected chi connectivity index (χ1v) is 14.5. The number of benzene rings is 2. The van der Waals surface area contributed by atoms with Gasteiger partial charge in [-0.2, -0.15) is 0 Å². The molecule has 0 spiro atoms. The Bertz CT molecular complexity index is 1520. The van der Waals surface area contributed by atoms with Gasteiger partial charge in [0, 0.05) is 16.5 Å². The third-order valence-corrected chi connectivity index (χ3v) is 10.7. The van der Waals surface area contributed by atoms with Crippen LogP contribution in [0.1, 0.15) is 96.4 Å². The highest BCUT2D eigenvalue weighted by Crippen LogP contribution is 2.70. The number of allylic oxidation sites excluding steroid dienone is 7. The lowest BCUT2D eigenvalue weighted by Gasteiger charge is -2.62. The molecule has 2 aromatic carbocycles. The van der Waals surface area contributed by atoms with Crippen molar-refractivity contribution in [1.29, 1.82) is 0 Å². The molecule has 39 heavy (non-hydrogen) atoms. The molecule has 0 heterocycles. The van der Waals surface area contributed by atoms with Crippen LogP contribution in [0.15, 0.2) is 83.5 Å². The summed E-state index contributed by atoms with van der Waals surface area (Å²) in [6.07, 6.45) is 3.01. The molecule has 0 saturated heterocycles. The molecule has 5 rings (SSSR count). The number of aryl methyl sites for hydroxylation is 1. The standard InChI is InChI=1S/C38H46O/c1-21(2)29-17-30(28-15-13-23(5)14-16-28)35(39)33-25(7)34-27(9)38(12)26(8)32(22(3)4)24(6)18-37(38,11)20-36(34,10)19-31(29)33/h13-17,21,39H,3,7-8,18-20H2,1-2,4-6,9-12H3/t36-,37+,38-/m1/s1. The van der Waals surface area contributed by atoms with E-state index in [9.17, 15) is 5.11 Å². The van der Waals surface area contributed by atoms with Crippen LogP contribution < -0.4 is 0 Å². The number of fused-ring (bicyclic) bond motifs is 3. The van der Waals surface area contributed by atoms with Crippen molar-refractivity contribution < 1.29 is 5.11 Å². The fraction of sp³-hybridized carbons (Fsp3) is 0.421. The Labute approximate surface area is 236 Å². The molecule has 3 atom stereocenters. The third kappa shape index (κ3) is 3.65. The van der Waals surface area contributed by atoms with E-state index in [2.05, 4.69) is 99.2 Å². The molecule has 0 fully saturated rings. The summed E-state index contributed by atoms with van der Waals surface area (Å²) in [5, 5.41) is 11.9. The number of hydrogen-bond donors (Lipinski definition) is 1. The molecule has 204 valence electrons. The summed E-state index contributed by atoms with van der Waals surface area (Å²) < 4.78 is 0. The van der Waals surface area contributed by atoms with Crippen LogP contribution in [0.25, 0.3) is 16.7 Å². The summed E-state index contributed by atoms with van der Waals surface area (Å²) >= 11 is 0. The first-order chi connectivity index (χ1) is 18.1. The number of rotatable bonds is 3. The summed E-state index contributed by atoms with van der Waals surface area (Å²) in [6.45, 7) is 34.5. The normalized spacial score (nSPS) is 28.5. The predicted octanol–water partition coefficient (Wildman–Crippen LogP) is 10.7. The summed E-state index contributed by atoms with van der Waals surface area (Å²) in [7, 11) is 0. The monoisotopic (exact) mass is 518 g/mol. The Hall–Kier alpha value is -3.06. The van der Waals surface area contributed by atoms with Crippen molar-refractivity contribution in [2.75, 3.05) is 0 Å². The topological polar surface area (TPSA) is 20.2 Å². The number of phenols is 1. The Morgan fingerprint density at radius 1 is 0.974 bits per heavy atom. The average molecular weight is 519 g/mol. The smallest absolute Gasteiger partial charge is 0.131 e. The van der Waals surface area contributed by atoms with Crippen LogP contribution in [-0.2, 0) is 6.42 Å². The first-order valence-electron chi connectivity index (χ1n) is 14.5. The maximum absolute atomic E-state index is 11.9. The van der Waals surface area contributed by atoms with Crippen molar-refractivity contribution in [3.63, 3.8) is 0 Å². The lowest BCUT2D eigenvalue weighted by atomic mass is 9.41. The second-order valence-corrected chi connectivity index (χ2v) is 13.9. The zero-order valence-electron chi connectivity index (χ0n) is 25.7. The summed E-state index contributed by atoms with van der Waals surface area (Å²) in [5.74, 6) is 0.707. The van der Waals surface area contributed by atoms with E-state index in [1.807, 2.05) is 0 Å². The van der Waals surface area contributed by atoms with Crippen LogP contribution in [-0.4, -0.2) is 5.11 Å². The molecule has 0 bridgehead atoms. The molecule has 1 nitrogen and oxygen atoms in total. The van der Waals surface area contributed by atoms with Crippen molar-refractivity contribution >= 4 is 5.57 Å². The van der Waals surface area contributed by atoms with Gasteiger partial charge < -0.3 is 5.11 Å². The Balaban J connectivity index is 1.80. The van der Waals surface area contributed by atoms with Gasteiger partial charge in [-0.1, -0.05) is 101 Å². The minimum absolute atomic E-state index is 0.0368. The van der Waals surface area contributed by atoms with Crippen LogP contribution >= 0.6 is 0 Å². The molecule has 1 N–H and O–H groups in total. The molecule has 0 aromatic heterocycles. The van der Waals surface area contributed by atoms with Gasteiger partial charge in [-0.05, 0) is 109 Å². The summed E-state index contributed by atoms with van der Waals surface area (Å²) in [5.41, 5.74) is 15.1. The van der Waals surface area contributed by atoms with Crippen molar-refractivity contribution in [3.8, 4) is 16.9 Å². The number of phenolic OH excluding ortho intramolecular Hbond substituents is 1. The predicted molar refractivity (Wildman–Crippen MR) is 168 cm³/mol. The molecular weight excluding hydrogens is 472 g/mol. The zero-order chi connectivity index (χ0) is 28.8. The second kappa shape index (κ2) is 8.72. The highest BCUT2D eigenvalue weighted by molar-refractivity contribution is 5.92. The highest BCUT2D eigenvalue weighted by Gasteiger charge is 2.60. The third-order valence-electron chi connectivity index (χ3n) is 10.7. The molecule has 3 aliphatic rings. The van der Waals surface area contributed by atoms with Crippen molar-refractivity contribution in [3.05, 3.63) is 106 Å². The maximum atomic E-state index is 11.9. The van der Waals surface area contributed by atoms with Gasteiger partial charge in [-0.3, -0.25) is 0 Å². The quantitative estimate of drug-likeness (QED) is 0.428. The lowest BCUT2D eigenvalue weighted by molar-refractivity contribution is 0.0542. The van der Waals surface area contributed by atoms with Crippen LogP contribution in [0, 0.1) is 23.2 Å². The summed E-state index contributed by atoms with van der Waals surface area (Å²) in [6, 6.07) is 10.7. The molecular formula is C38H46O. The van der Waals surface area contributed by atoms with Gasteiger partial charge in [0.1, 0.15) is 5.75 Å². The number of aromatic hydroxyl groups is 1. The van der Waals surface area contributed by atoms with Gasteiger partial charge in [0.2, 0.25) is 0 Å². The highest BCUT2D eigenvalue weighted by atomic mass is 16.3. The van der Waals surface area contributed by atoms with E-state index in [1.54, 1.807) is 0 Å². The van der Waals surface area contributed by atoms with E-state index in [-0.39, 0.29) is 16.2 Å². The Morgan fingerprint density at radius 2 is 1.59 bits per heavy atom. The van der Waals surface area contributed by atoms with Crippen LogP contribution in [0.4, 0.5) is 0 Å². The molecule has 2 aromatic rings. The van der Waals surface area contributed by atoms with Gasteiger partial charge in [-0.15, -0.1) is 0 Å². The Morgan fingerprint density at radius 3 is 2.15 bits per heavy atom. The molecule has 0 amide bonds. The fourth-order valence-electron chi connectivity index (χ4n) is 8.89. The van der Waals surface area contributed by atoms with Crippen LogP contribution in [0.5, 0.6) is 5.75 Å².